The van der Waals surface area contributed by atoms with Crippen LogP contribution >= 0.6 is 0 Å². The van der Waals surface area contributed by atoms with E-state index >= 15 is 0 Å². The largest absolute Gasteiger partial charge is 0.337 e. The third-order valence-corrected chi connectivity index (χ3v) is 4.53. The van der Waals surface area contributed by atoms with E-state index in [9.17, 15) is 4.79 Å². The number of imidazole rings is 1. The molecule has 25 heavy (non-hydrogen) atoms. The monoisotopic (exact) mass is 341 g/mol. The molecule has 6 heteroatoms. The minimum absolute atomic E-state index is 0.1000. The number of carbonyl (C=O) groups is 1. The molecule has 0 bridgehead atoms. The lowest BCUT2D eigenvalue weighted by atomic mass is 10.1. The summed E-state index contributed by atoms with van der Waals surface area (Å²) in [5.74, 6) is 0. The molecule has 1 aromatic heterocycles. The van der Waals surface area contributed by atoms with Gasteiger partial charge in [-0.25, -0.2) is 9.78 Å². The van der Waals surface area contributed by atoms with E-state index in [-0.39, 0.29) is 6.03 Å². The van der Waals surface area contributed by atoms with Crippen molar-refractivity contribution >= 4 is 6.03 Å². The Morgan fingerprint density at radius 3 is 2.76 bits per heavy atom. The molecule has 0 atom stereocenters. The van der Waals surface area contributed by atoms with Crippen LogP contribution in [0.15, 0.2) is 43.0 Å². The molecule has 0 spiro atoms. The smallest absolute Gasteiger partial charge is 0.315 e. The molecule has 1 aromatic carbocycles. The zero-order valence-corrected chi connectivity index (χ0v) is 14.7. The summed E-state index contributed by atoms with van der Waals surface area (Å²) in [5, 5.41) is 5.88. The fraction of sp³-hybridized carbons (Fsp3) is 0.474. The number of likely N-dealkylation sites (tertiary alicyclic amines) is 1. The van der Waals surface area contributed by atoms with Crippen molar-refractivity contribution in [3.05, 3.63) is 54.1 Å². The normalized spacial score (nSPS) is 15.0. The zero-order chi connectivity index (χ0) is 17.3. The van der Waals surface area contributed by atoms with Crippen LogP contribution in [0.25, 0.3) is 0 Å². The van der Waals surface area contributed by atoms with Gasteiger partial charge in [0.2, 0.25) is 0 Å². The van der Waals surface area contributed by atoms with Gasteiger partial charge in [-0.1, -0.05) is 30.7 Å². The van der Waals surface area contributed by atoms with Crippen molar-refractivity contribution in [3.63, 3.8) is 0 Å². The number of piperidine rings is 1. The van der Waals surface area contributed by atoms with Crippen LogP contribution in [-0.2, 0) is 13.1 Å². The van der Waals surface area contributed by atoms with Gasteiger partial charge < -0.3 is 20.1 Å². The first-order valence-corrected chi connectivity index (χ1v) is 9.07. The minimum atomic E-state index is -0.1000. The first-order chi connectivity index (χ1) is 12.3. The number of hydrogen-bond donors (Lipinski definition) is 2. The van der Waals surface area contributed by atoms with Gasteiger partial charge in [-0.15, -0.1) is 0 Å². The molecule has 1 aliphatic heterocycles. The minimum Gasteiger partial charge on any atom is -0.337 e. The van der Waals surface area contributed by atoms with Crippen LogP contribution in [0, 0.1) is 0 Å². The second-order valence-electron chi connectivity index (χ2n) is 6.57. The Morgan fingerprint density at radius 2 is 1.96 bits per heavy atom. The third-order valence-electron chi connectivity index (χ3n) is 4.53. The number of amides is 2. The van der Waals surface area contributed by atoms with E-state index in [1.807, 2.05) is 22.9 Å². The van der Waals surface area contributed by atoms with Crippen molar-refractivity contribution in [3.8, 4) is 0 Å². The number of hydrogen-bond acceptors (Lipinski definition) is 3. The standard InChI is InChI=1S/C19H27N5O/c25-19(21-8-12-23-9-2-1-3-10-23)22-14-17-5-4-6-18(13-17)15-24-11-7-20-16-24/h4-7,11,13,16H,1-3,8-10,12,14-15H2,(H2,21,22,25). The van der Waals surface area contributed by atoms with E-state index in [0.717, 1.165) is 31.7 Å². The van der Waals surface area contributed by atoms with Crippen molar-refractivity contribution in [2.24, 2.45) is 0 Å². The first kappa shape index (κ1) is 17.5. The van der Waals surface area contributed by atoms with Gasteiger partial charge in [0.05, 0.1) is 6.33 Å². The maximum absolute atomic E-state index is 11.9. The summed E-state index contributed by atoms with van der Waals surface area (Å²) in [7, 11) is 0. The highest BCUT2D eigenvalue weighted by Gasteiger charge is 2.09. The molecule has 1 saturated heterocycles. The van der Waals surface area contributed by atoms with Gasteiger partial charge in [-0.3, -0.25) is 0 Å². The summed E-state index contributed by atoms with van der Waals surface area (Å²) in [4.78, 5) is 18.4. The molecule has 0 unspecified atom stereocenters. The number of urea groups is 1. The quantitative estimate of drug-likeness (QED) is 0.812. The highest BCUT2D eigenvalue weighted by atomic mass is 16.2. The van der Waals surface area contributed by atoms with Crippen LogP contribution < -0.4 is 10.6 Å². The van der Waals surface area contributed by atoms with Crippen molar-refractivity contribution in [1.82, 2.24) is 25.1 Å². The Hall–Kier alpha value is -2.34. The van der Waals surface area contributed by atoms with E-state index in [1.54, 1.807) is 12.5 Å². The average Bonchev–Trinajstić information content (AvgIpc) is 3.14. The predicted molar refractivity (Wildman–Crippen MR) is 98.3 cm³/mol. The average molecular weight is 341 g/mol. The summed E-state index contributed by atoms with van der Waals surface area (Å²) in [6, 6.07) is 8.16. The molecule has 1 fully saturated rings. The molecule has 0 saturated carbocycles. The second-order valence-corrected chi connectivity index (χ2v) is 6.57. The number of nitrogens with zero attached hydrogens (tertiary/aromatic N) is 3. The maximum atomic E-state index is 11.9. The summed E-state index contributed by atoms with van der Waals surface area (Å²) in [6.45, 7) is 5.28. The van der Waals surface area contributed by atoms with Crippen LogP contribution in [-0.4, -0.2) is 46.7 Å². The fourth-order valence-electron chi connectivity index (χ4n) is 3.18. The summed E-state index contributed by atoms with van der Waals surface area (Å²) >= 11 is 0. The van der Waals surface area contributed by atoms with Gasteiger partial charge in [-0.05, 0) is 37.1 Å². The summed E-state index contributed by atoms with van der Waals surface area (Å²) in [6.07, 6.45) is 9.43. The van der Waals surface area contributed by atoms with E-state index in [0.29, 0.717) is 13.1 Å². The van der Waals surface area contributed by atoms with Gasteiger partial charge in [-0.2, -0.15) is 0 Å². The number of benzene rings is 1. The zero-order valence-electron chi connectivity index (χ0n) is 14.7. The number of rotatable bonds is 7. The molecule has 6 nitrogen and oxygen atoms in total. The Bertz CT molecular complexity index is 650. The van der Waals surface area contributed by atoms with Gasteiger partial charge in [0, 0.05) is 38.6 Å². The molecule has 0 aliphatic carbocycles. The van der Waals surface area contributed by atoms with E-state index < -0.39 is 0 Å². The second kappa shape index (κ2) is 9.22. The van der Waals surface area contributed by atoms with Gasteiger partial charge >= 0.3 is 6.03 Å². The van der Waals surface area contributed by atoms with Crippen LogP contribution in [0.1, 0.15) is 30.4 Å². The lowest BCUT2D eigenvalue weighted by molar-refractivity contribution is 0.220. The SMILES string of the molecule is O=C(NCCN1CCCCC1)NCc1cccc(Cn2ccnc2)c1. The molecular weight excluding hydrogens is 314 g/mol. The molecule has 0 radical (unpaired) electrons. The lowest BCUT2D eigenvalue weighted by Crippen LogP contribution is -2.41. The highest BCUT2D eigenvalue weighted by molar-refractivity contribution is 5.73. The Labute approximate surface area is 149 Å². The van der Waals surface area contributed by atoms with Gasteiger partial charge in [0.1, 0.15) is 0 Å². The maximum Gasteiger partial charge on any atom is 0.315 e. The predicted octanol–water partition coefficient (Wildman–Crippen LogP) is 2.22. The molecule has 2 amide bonds. The van der Waals surface area contributed by atoms with Gasteiger partial charge in [0.15, 0.2) is 0 Å². The van der Waals surface area contributed by atoms with Crippen molar-refractivity contribution < 1.29 is 4.79 Å². The molecule has 2 heterocycles. The number of nitrogens with one attached hydrogen (secondary N) is 2. The topological polar surface area (TPSA) is 62.2 Å². The first-order valence-electron chi connectivity index (χ1n) is 9.07. The molecule has 134 valence electrons. The Kier molecular flexibility index (Phi) is 6.45. The summed E-state index contributed by atoms with van der Waals surface area (Å²) < 4.78 is 2.03. The van der Waals surface area contributed by atoms with Crippen molar-refractivity contribution in [2.75, 3.05) is 26.2 Å². The third kappa shape index (κ3) is 5.90. The van der Waals surface area contributed by atoms with Crippen LogP contribution in [0.5, 0.6) is 0 Å². The molecule has 3 rings (SSSR count). The fourth-order valence-corrected chi connectivity index (χ4v) is 3.18. The molecular formula is C19H27N5O. The van der Waals surface area contributed by atoms with E-state index in [1.165, 1.54) is 24.8 Å². The van der Waals surface area contributed by atoms with Crippen LogP contribution in [0.3, 0.4) is 0 Å². The Morgan fingerprint density at radius 1 is 1.12 bits per heavy atom. The number of carbonyl (C=O) groups excluding carboxylic acids is 1. The highest BCUT2D eigenvalue weighted by Crippen LogP contribution is 2.08. The molecule has 1 aliphatic rings. The summed E-state index contributed by atoms with van der Waals surface area (Å²) in [5.41, 5.74) is 2.30. The molecule has 2 N–H and O–H groups in total. The lowest BCUT2D eigenvalue weighted by Gasteiger charge is -2.26. The van der Waals surface area contributed by atoms with Crippen molar-refractivity contribution in [1.29, 1.82) is 0 Å². The number of aromatic nitrogens is 2. The molecule has 2 aromatic rings. The van der Waals surface area contributed by atoms with Crippen LogP contribution in [0.2, 0.25) is 0 Å². The van der Waals surface area contributed by atoms with Crippen molar-refractivity contribution in [2.45, 2.75) is 32.4 Å². The van der Waals surface area contributed by atoms with E-state index in [4.69, 9.17) is 0 Å². The van der Waals surface area contributed by atoms with E-state index in [2.05, 4.69) is 32.7 Å². The van der Waals surface area contributed by atoms with Crippen LogP contribution in [0.4, 0.5) is 4.79 Å². The Balaban J connectivity index is 1.38. The van der Waals surface area contributed by atoms with Gasteiger partial charge in [0.25, 0.3) is 0 Å².